The number of hydrogen-bond acceptors (Lipinski definition) is 5. The smallest absolute Gasteiger partial charge is 0.294 e. The first-order valence-corrected chi connectivity index (χ1v) is 7.18. The number of rotatable bonds is 4. The minimum absolute atomic E-state index is 0.227. The summed E-state index contributed by atoms with van der Waals surface area (Å²) in [6.07, 6.45) is 0. The van der Waals surface area contributed by atoms with Crippen LogP contribution in [0, 0.1) is 0 Å². The summed E-state index contributed by atoms with van der Waals surface area (Å²) in [5.41, 5.74) is 2.66. The molecule has 0 aliphatic heterocycles. The van der Waals surface area contributed by atoms with Crippen molar-refractivity contribution in [2.24, 2.45) is 5.84 Å². The molecule has 100 valence electrons. The number of carbonyl (C=O) groups is 1. The minimum Gasteiger partial charge on any atom is -0.486 e. The summed E-state index contributed by atoms with van der Waals surface area (Å²) in [6.45, 7) is 0.227. The van der Waals surface area contributed by atoms with E-state index in [4.69, 9.17) is 22.2 Å². The Kier molecular flexibility index (Phi) is 4.76. The fourth-order valence-electron chi connectivity index (χ4n) is 1.28. The van der Waals surface area contributed by atoms with E-state index < -0.39 is 5.91 Å². The number of nitrogens with zero attached hydrogens (tertiary/aromatic N) is 1. The van der Waals surface area contributed by atoms with E-state index in [9.17, 15) is 4.79 Å². The molecule has 19 heavy (non-hydrogen) atoms. The van der Waals surface area contributed by atoms with Crippen LogP contribution in [-0.4, -0.2) is 10.9 Å². The van der Waals surface area contributed by atoms with Crippen LogP contribution in [0.4, 0.5) is 0 Å². The number of nitrogens with one attached hydrogen (secondary N) is 1. The van der Waals surface area contributed by atoms with Crippen molar-refractivity contribution in [3.63, 3.8) is 0 Å². The zero-order valence-corrected chi connectivity index (χ0v) is 12.7. The van der Waals surface area contributed by atoms with Gasteiger partial charge in [0.15, 0.2) is 5.01 Å². The van der Waals surface area contributed by atoms with Crippen molar-refractivity contribution in [1.82, 2.24) is 10.4 Å². The van der Waals surface area contributed by atoms with Crippen molar-refractivity contribution in [1.29, 1.82) is 0 Å². The largest absolute Gasteiger partial charge is 0.486 e. The third-order valence-electron chi connectivity index (χ3n) is 2.15. The van der Waals surface area contributed by atoms with E-state index >= 15 is 0 Å². The highest BCUT2D eigenvalue weighted by Gasteiger charge is 2.10. The molecule has 0 radical (unpaired) electrons. The number of carbonyl (C=O) groups excluding carboxylic acids is 1. The average molecular weight is 363 g/mol. The molecule has 2 aromatic rings. The molecule has 0 aliphatic carbocycles. The van der Waals surface area contributed by atoms with Crippen LogP contribution >= 0.6 is 38.9 Å². The highest BCUT2D eigenvalue weighted by Crippen LogP contribution is 2.28. The van der Waals surface area contributed by atoms with Crippen LogP contribution in [0.15, 0.2) is 28.1 Å². The normalized spacial score (nSPS) is 10.3. The molecule has 0 fully saturated rings. The van der Waals surface area contributed by atoms with Crippen molar-refractivity contribution in [3.8, 4) is 5.75 Å². The number of amides is 1. The Bertz CT molecular complexity index is 605. The molecule has 2 rings (SSSR count). The zero-order valence-electron chi connectivity index (χ0n) is 9.52. The Labute approximate surface area is 126 Å². The molecular formula is C11H9BrClN3O2S. The monoisotopic (exact) mass is 361 g/mol. The first-order chi connectivity index (χ1) is 9.10. The number of nitrogens with two attached hydrogens (primary N) is 1. The van der Waals surface area contributed by atoms with Crippen LogP contribution in [0.25, 0.3) is 0 Å². The lowest BCUT2D eigenvalue weighted by Gasteiger charge is -2.06. The van der Waals surface area contributed by atoms with Crippen molar-refractivity contribution >= 4 is 44.8 Å². The van der Waals surface area contributed by atoms with E-state index in [0.717, 1.165) is 4.47 Å². The van der Waals surface area contributed by atoms with Gasteiger partial charge in [-0.05, 0) is 18.2 Å². The van der Waals surface area contributed by atoms with Crippen molar-refractivity contribution < 1.29 is 9.53 Å². The van der Waals surface area contributed by atoms with Gasteiger partial charge in [0.1, 0.15) is 12.4 Å². The molecule has 1 aromatic carbocycles. The van der Waals surface area contributed by atoms with Crippen molar-refractivity contribution in [3.05, 3.63) is 43.8 Å². The fraction of sp³-hybridized carbons (Fsp3) is 0.0909. The molecule has 0 unspecified atom stereocenters. The van der Waals surface area contributed by atoms with E-state index in [0.29, 0.717) is 21.5 Å². The lowest BCUT2D eigenvalue weighted by Crippen LogP contribution is -2.29. The van der Waals surface area contributed by atoms with Gasteiger partial charge in [-0.25, -0.2) is 10.8 Å². The van der Waals surface area contributed by atoms with Crippen LogP contribution in [0.1, 0.15) is 15.5 Å². The van der Waals surface area contributed by atoms with E-state index in [-0.39, 0.29) is 6.61 Å². The maximum absolute atomic E-state index is 11.2. The lowest BCUT2D eigenvalue weighted by molar-refractivity contribution is 0.0953. The molecule has 0 atom stereocenters. The Morgan fingerprint density at radius 3 is 3.11 bits per heavy atom. The van der Waals surface area contributed by atoms with E-state index in [1.165, 1.54) is 11.3 Å². The highest BCUT2D eigenvalue weighted by atomic mass is 79.9. The Morgan fingerprint density at radius 2 is 2.37 bits per heavy atom. The van der Waals surface area contributed by atoms with Crippen molar-refractivity contribution in [2.45, 2.75) is 6.61 Å². The molecule has 1 heterocycles. The quantitative estimate of drug-likeness (QED) is 0.498. The molecule has 1 amide bonds. The van der Waals surface area contributed by atoms with E-state index in [2.05, 4.69) is 20.9 Å². The first kappa shape index (κ1) is 14.3. The summed E-state index contributed by atoms with van der Waals surface area (Å²) < 4.78 is 6.42. The summed E-state index contributed by atoms with van der Waals surface area (Å²) in [7, 11) is 0. The number of aromatic nitrogens is 1. The number of nitrogen functional groups attached to an aromatic ring is 1. The van der Waals surface area contributed by atoms with Gasteiger partial charge in [-0.15, -0.1) is 11.3 Å². The number of hydrazine groups is 1. The number of thiazole rings is 1. The van der Waals surface area contributed by atoms with E-state index in [1.807, 2.05) is 11.5 Å². The van der Waals surface area contributed by atoms with Crippen LogP contribution in [0.5, 0.6) is 5.75 Å². The molecule has 0 saturated heterocycles. The third-order valence-corrected chi connectivity index (χ3v) is 3.84. The summed E-state index contributed by atoms with van der Waals surface area (Å²) in [6, 6.07) is 5.32. The fourth-order valence-corrected chi connectivity index (χ4v) is 2.50. The predicted molar refractivity (Wildman–Crippen MR) is 77.3 cm³/mol. The van der Waals surface area contributed by atoms with Gasteiger partial charge in [-0.2, -0.15) is 0 Å². The molecule has 8 heteroatoms. The van der Waals surface area contributed by atoms with Gasteiger partial charge in [-0.3, -0.25) is 10.2 Å². The maximum atomic E-state index is 11.2. The van der Waals surface area contributed by atoms with Crippen LogP contribution < -0.4 is 16.0 Å². The second-order valence-corrected chi connectivity index (χ2v) is 5.66. The van der Waals surface area contributed by atoms with Crippen LogP contribution in [-0.2, 0) is 6.61 Å². The molecule has 0 saturated carbocycles. The standard InChI is InChI=1S/C11H9BrClN3O2S/c12-6-1-2-8(13)9(3-6)18-4-7-5-19-11(15-7)10(17)16-14/h1-3,5H,4,14H2,(H,16,17). The van der Waals surface area contributed by atoms with Gasteiger partial charge in [-0.1, -0.05) is 27.5 Å². The predicted octanol–water partition coefficient (Wildman–Crippen LogP) is 2.74. The molecule has 1 aromatic heterocycles. The van der Waals surface area contributed by atoms with Crippen molar-refractivity contribution in [2.75, 3.05) is 0 Å². The Hall–Kier alpha value is -1.15. The van der Waals surface area contributed by atoms with Gasteiger partial charge in [0.25, 0.3) is 5.91 Å². The van der Waals surface area contributed by atoms with Gasteiger partial charge < -0.3 is 4.74 Å². The highest BCUT2D eigenvalue weighted by molar-refractivity contribution is 9.10. The minimum atomic E-state index is -0.420. The second-order valence-electron chi connectivity index (χ2n) is 3.48. The number of hydrogen-bond donors (Lipinski definition) is 2. The van der Waals surface area contributed by atoms with Crippen LogP contribution in [0.3, 0.4) is 0 Å². The van der Waals surface area contributed by atoms with Gasteiger partial charge in [0.05, 0.1) is 10.7 Å². The van der Waals surface area contributed by atoms with Gasteiger partial charge in [0.2, 0.25) is 0 Å². The lowest BCUT2D eigenvalue weighted by atomic mass is 10.3. The Balaban J connectivity index is 2.04. The molecule has 5 nitrogen and oxygen atoms in total. The molecule has 3 N–H and O–H groups in total. The molecule has 0 aliphatic rings. The van der Waals surface area contributed by atoms with Gasteiger partial charge in [0, 0.05) is 9.85 Å². The second kappa shape index (κ2) is 6.33. The SMILES string of the molecule is NNC(=O)c1nc(COc2cc(Br)ccc2Cl)cs1. The number of ether oxygens (including phenoxy) is 1. The maximum Gasteiger partial charge on any atom is 0.294 e. The summed E-state index contributed by atoms with van der Waals surface area (Å²) >= 11 is 10.5. The van der Waals surface area contributed by atoms with Gasteiger partial charge >= 0.3 is 0 Å². The zero-order chi connectivity index (χ0) is 13.8. The number of halogens is 2. The Morgan fingerprint density at radius 1 is 1.58 bits per heavy atom. The topological polar surface area (TPSA) is 77.2 Å². The molecular weight excluding hydrogens is 354 g/mol. The third kappa shape index (κ3) is 3.66. The molecule has 0 bridgehead atoms. The first-order valence-electron chi connectivity index (χ1n) is 5.13. The molecule has 0 spiro atoms. The average Bonchev–Trinajstić information content (AvgIpc) is 2.88. The van der Waals surface area contributed by atoms with Crippen LogP contribution in [0.2, 0.25) is 5.02 Å². The van der Waals surface area contributed by atoms with E-state index in [1.54, 1.807) is 17.5 Å². The summed E-state index contributed by atoms with van der Waals surface area (Å²) in [4.78, 5) is 15.3. The summed E-state index contributed by atoms with van der Waals surface area (Å²) in [5, 5.41) is 2.54. The number of benzene rings is 1. The summed E-state index contributed by atoms with van der Waals surface area (Å²) in [5.74, 6) is 5.16.